The summed E-state index contributed by atoms with van der Waals surface area (Å²) < 4.78 is 0.722. The fourth-order valence-electron chi connectivity index (χ4n) is 1.41. The van der Waals surface area contributed by atoms with Crippen LogP contribution in [0.2, 0.25) is 9.36 Å². The van der Waals surface area contributed by atoms with Crippen molar-refractivity contribution in [2.24, 2.45) is 0 Å². The summed E-state index contributed by atoms with van der Waals surface area (Å²) in [6.45, 7) is 0. The van der Waals surface area contributed by atoms with Crippen molar-refractivity contribution in [2.75, 3.05) is 5.75 Å². The van der Waals surface area contributed by atoms with Gasteiger partial charge in [0.15, 0.2) is 0 Å². The fourth-order valence-corrected chi connectivity index (χ4v) is 3.60. The Balaban J connectivity index is 1.85. The third-order valence-electron chi connectivity index (χ3n) is 2.20. The number of thiophene rings is 1. The molecule has 0 bridgehead atoms. The van der Waals surface area contributed by atoms with Gasteiger partial charge in [0.25, 0.3) is 0 Å². The maximum absolute atomic E-state index is 11.8. The van der Waals surface area contributed by atoms with Gasteiger partial charge in [-0.3, -0.25) is 4.79 Å². The number of halogens is 2. The number of Topliss-reactive ketones (excluding diaryl/α,β-unsaturated/α-hetero) is 1. The molecule has 0 unspecified atom stereocenters. The van der Waals surface area contributed by atoms with Crippen LogP contribution < -0.4 is 0 Å². The zero-order chi connectivity index (χ0) is 13.0. The molecular formula is C13H10Cl2OS2. The highest BCUT2D eigenvalue weighted by Crippen LogP contribution is 2.24. The molecule has 18 heavy (non-hydrogen) atoms. The fraction of sp³-hybridized carbons (Fsp3) is 0.154. The predicted octanol–water partition coefficient (Wildman–Crippen LogP) is 4.96. The van der Waals surface area contributed by atoms with Gasteiger partial charge in [0.1, 0.15) is 5.78 Å². The maximum Gasteiger partial charge on any atom is 0.148 e. The molecule has 94 valence electrons. The monoisotopic (exact) mass is 316 g/mol. The molecule has 0 aliphatic heterocycles. The van der Waals surface area contributed by atoms with Crippen LogP contribution in [0.1, 0.15) is 4.88 Å². The lowest BCUT2D eigenvalue weighted by molar-refractivity contribution is -0.115. The Bertz CT molecular complexity index is 551. The summed E-state index contributed by atoms with van der Waals surface area (Å²) in [4.78, 5) is 13.8. The first-order chi connectivity index (χ1) is 8.63. The molecule has 1 aromatic heterocycles. The maximum atomic E-state index is 11.8. The van der Waals surface area contributed by atoms with Gasteiger partial charge >= 0.3 is 0 Å². The number of ketones is 1. The van der Waals surface area contributed by atoms with Gasteiger partial charge < -0.3 is 0 Å². The van der Waals surface area contributed by atoms with Crippen molar-refractivity contribution < 1.29 is 4.79 Å². The van der Waals surface area contributed by atoms with Crippen molar-refractivity contribution in [3.05, 3.63) is 50.6 Å². The Morgan fingerprint density at radius 1 is 1.22 bits per heavy atom. The second-order valence-electron chi connectivity index (χ2n) is 3.67. The summed E-state index contributed by atoms with van der Waals surface area (Å²) in [5.74, 6) is 0.647. The van der Waals surface area contributed by atoms with Gasteiger partial charge in [0.2, 0.25) is 0 Å². The highest BCUT2D eigenvalue weighted by atomic mass is 35.5. The third-order valence-corrected chi connectivity index (χ3v) is 4.72. The minimum absolute atomic E-state index is 0.193. The lowest BCUT2D eigenvalue weighted by Gasteiger charge is -2.01. The first-order valence-electron chi connectivity index (χ1n) is 5.28. The zero-order valence-corrected chi connectivity index (χ0v) is 12.5. The summed E-state index contributed by atoms with van der Waals surface area (Å²) >= 11 is 14.7. The van der Waals surface area contributed by atoms with Crippen LogP contribution in [-0.2, 0) is 11.2 Å². The molecule has 0 spiro atoms. The van der Waals surface area contributed by atoms with Crippen LogP contribution in [0, 0.1) is 0 Å². The van der Waals surface area contributed by atoms with Crippen LogP contribution in [0.15, 0.2) is 41.3 Å². The number of benzene rings is 1. The summed E-state index contributed by atoms with van der Waals surface area (Å²) in [6.07, 6.45) is 0.449. The van der Waals surface area contributed by atoms with E-state index in [1.165, 1.54) is 23.1 Å². The highest BCUT2D eigenvalue weighted by molar-refractivity contribution is 8.00. The van der Waals surface area contributed by atoms with Crippen LogP contribution in [0.4, 0.5) is 0 Å². The third kappa shape index (κ3) is 4.32. The van der Waals surface area contributed by atoms with E-state index in [4.69, 9.17) is 23.2 Å². The molecule has 0 aliphatic rings. The second-order valence-corrected chi connectivity index (χ2v) is 6.95. The van der Waals surface area contributed by atoms with Crippen molar-refractivity contribution in [3.63, 3.8) is 0 Å². The topological polar surface area (TPSA) is 17.1 Å². The molecule has 1 aromatic carbocycles. The molecule has 1 nitrogen and oxygen atoms in total. The quantitative estimate of drug-likeness (QED) is 0.725. The normalized spacial score (nSPS) is 10.6. The van der Waals surface area contributed by atoms with E-state index in [0.717, 1.165) is 14.1 Å². The van der Waals surface area contributed by atoms with Gasteiger partial charge in [-0.05, 0) is 30.3 Å². The summed E-state index contributed by atoms with van der Waals surface area (Å²) in [6, 6.07) is 11.2. The number of rotatable bonds is 5. The van der Waals surface area contributed by atoms with E-state index in [0.29, 0.717) is 17.2 Å². The van der Waals surface area contributed by atoms with Crippen molar-refractivity contribution in [3.8, 4) is 0 Å². The number of carbonyl (C=O) groups is 1. The smallest absolute Gasteiger partial charge is 0.148 e. The first-order valence-corrected chi connectivity index (χ1v) is 7.83. The lowest BCUT2D eigenvalue weighted by Crippen LogP contribution is -2.04. The molecule has 2 rings (SSSR count). The molecule has 0 atom stereocenters. The zero-order valence-electron chi connectivity index (χ0n) is 9.36. The van der Waals surface area contributed by atoms with Gasteiger partial charge in [-0.1, -0.05) is 29.3 Å². The molecule has 0 amide bonds. The molecule has 0 saturated carbocycles. The molecule has 0 aliphatic carbocycles. The summed E-state index contributed by atoms with van der Waals surface area (Å²) in [5, 5.41) is 0.692. The average Bonchev–Trinajstić information content (AvgIpc) is 2.72. The van der Waals surface area contributed by atoms with Crippen molar-refractivity contribution in [2.45, 2.75) is 11.3 Å². The molecule has 0 radical (unpaired) electrons. The SMILES string of the molecule is O=C(CSc1cccc(Cl)c1)Cc1ccc(Cl)s1. The minimum Gasteiger partial charge on any atom is -0.298 e. The second kappa shape index (κ2) is 6.62. The first kappa shape index (κ1) is 13.9. The van der Waals surface area contributed by atoms with Gasteiger partial charge in [0.05, 0.1) is 10.1 Å². The highest BCUT2D eigenvalue weighted by Gasteiger charge is 2.07. The average molecular weight is 317 g/mol. The van der Waals surface area contributed by atoms with Gasteiger partial charge in [-0.15, -0.1) is 23.1 Å². The predicted molar refractivity (Wildman–Crippen MR) is 80.2 cm³/mol. The largest absolute Gasteiger partial charge is 0.298 e. The van der Waals surface area contributed by atoms with Gasteiger partial charge in [0, 0.05) is 21.2 Å². The van der Waals surface area contributed by atoms with Crippen molar-refractivity contribution >= 4 is 52.1 Å². The van der Waals surface area contributed by atoms with Gasteiger partial charge in [-0.25, -0.2) is 0 Å². The standard InChI is InChI=1S/C13H10Cl2OS2/c14-9-2-1-3-11(6-9)17-8-10(16)7-12-4-5-13(15)18-12/h1-6H,7-8H2. The van der Waals surface area contributed by atoms with E-state index in [-0.39, 0.29) is 5.78 Å². The Morgan fingerprint density at radius 3 is 2.72 bits per heavy atom. The van der Waals surface area contributed by atoms with Crippen LogP contribution in [-0.4, -0.2) is 11.5 Å². The number of hydrogen-bond donors (Lipinski definition) is 0. The van der Waals surface area contributed by atoms with Crippen LogP contribution in [0.5, 0.6) is 0 Å². The van der Waals surface area contributed by atoms with E-state index >= 15 is 0 Å². The van der Waals surface area contributed by atoms with Crippen molar-refractivity contribution in [1.82, 2.24) is 0 Å². The van der Waals surface area contributed by atoms with E-state index in [9.17, 15) is 4.79 Å². The molecular weight excluding hydrogens is 307 g/mol. The lowest BCUT2D eigenvalue weighted by atomic mass is 10.3. The summed E-state index contributed by atoms with van der Waals surface area (Å²) in [5.41, 5.74) is 0. The molecule has 0 fully saturated rings. The molecule has 1 heterocycles. The van der Waals surface area contributed by atoms with Gasteiger partial charge in [-0.2, -0.15) is 0 Å². The minimum atomic E-state index is 0.193. The van der Waals surface area contributed by atoms with Crippen LogP contribution in [0.3, 0.4) is 0 Å². The Hall–Kier alpha value is -0.480. The van der Waals surface area contributed by atoms with E-state index in [1.54, 1.807) is 0 Å². The molecule has 0 saturated heterocycles. The Kier molecular flexibility index (Phi) is 5.13. The molecule has 5 heteroatoms. The molecule has 2 aromatic rings. The summed E-state index contributed by atoms with van der Waals surface area (Å²) in [7, 11) is 0. The number of carbonyl (C=O) groups excluding carboxylic acids is 1. The van der Waals surface area contributed by atoms with E-state index in [2.05, 4.69) is 0 Å². The van der Waals surface area contributed by atoms with E-state index < -0.39 is 0 Å². The Labute approximate surface area is 124 Å². The van der Waals surface area contributed by atoms with E-state index in [1.807, 2.05) is 36.4 Å². The van der Waals surface area contributed by atoms with Crippen LogP contribution >= 0.6 is 46.3 Å². The van der Waals surface area contributed by atoms with Crippen molar-refractivity contribution in [1.29, 1.82) is 0 Å². The van der Waals surface area contributed by atoms with Crippen LogP contribution in [0.25, 0.3) is 0 Å². The Morgan fingerprint density at radius 2 is 2.06 bits per heavy atom. The molecule has 0 N–H and O–H groups in total. The number of hydrogen-bond acceptors (Lipinski definition) is 3. The number of thioether (sulfide) groups is 1.